The van der Waals surface area contributed by atoms with Crippen molar-refractivity contribution in [3.63, 3.8) is 0 Å². The Balaban J connectivity index is 2.08. The fraction of sp³-hybridized carbons (Fsp3) is 0.500. The molecule has 0 unspecified atom stereocenters. The number of nitrogens with two attached hydrogens (primary N) is 1. The highest BCUT2D eigenvalue weighted by molar-refractivity contribution is 5.80. The number of hydrogen-bond acceptors (Lipinski definition) is 2. The van der Waals surface area contributed by atoms with Gasteiger partial charge in [0.05, 0.1) is 0 Å². The van der Waals surface area contributed by atoms with E-state index in [0.717, 1.165) is 5.65 Å². The van der Waals surface area contributed by atoms with Crippen molar-refractivity contribution < 1.29 is 0 Å². The van der Waals surface area contributed by atoms with E-state index in [-0.39, 0.29) is 0 Å². The molecule has 2 aromatic heterocycles. The molecule has 0 saturated heterocycles. The van der Waals surface area contributed by atoms with Crippen LogP contribution in [0.25, 0.3) is 11.0 Å². The summed E-state index contributed by atoms with van der Waals surface area (Å²) in [5.74, 6) is 0. The first-order valence-electron chi connectivity index (χ1n) is 6.54. The Labute approximate surface area is 102 Å². The van der Waals surface area contributed by atoms with Crippen molar-refractivity contribution in [2.45, 2.75) is 44.7 Å². The van der Waals surface area contributed by atoms with E-state index in [1.807, 2.05) is 12.3 Å². The first-order valence-corrected chi connectivity index (χ1v) is 6.54. The summed E-state index contributed by atoms with van der Waals surface area (Å²) in [5, 5.41) is 1.22. The highest BCUT2D eigenvalue weighted by Crippen LogP contribution is 2.32. The Hall–Kier alpha value is -1.35. The van der Waals surface area contributed by atoms with Gasteiger partial charge in [0.15, 0.2) is 0 Å². The standard InChI is InChI=1S/C14H19N3/c15-9-11-10-17(12-5-2-1-3-6-12)14-13(11)7-4-8-16-14/h4,7-8,10,12H,1-3,5-6,9,15H2. The zero-order valence-electron chi connectivity index (χ0n) is 10.1. The predicted octanol–water partition coefficient (Wildman–Crippen LogP) is 3.00. The van der Waals surface area contributed by atoms with E-state index in [0.29, 0.717) is 12.6 Å². The number of nitrogens with zero attached hydrogens (tertiary/aromatic N) is 2. The molecule has 3 nitrogen and oxygen atoms in total. The van der Waals surface area contributed by atoms with Gasteiger partial charge in [0.25, 0.3) is 0 Å². The third-order valence-corrected chi connectivity index (χ3v) is 3.86. The lowest BCUT2D eigenvalue weighted by Crippen LogP contribution is -2.12. The van der Waals surface area contributed by atoms with Gasteiger partial charge in [0.1, 0.15) is 5.65 Å². The molecule has 1 saturated carbocycles. The molecule has 3 heteroatoms. The minimum absolute atomic E-state index is 0.599. The average Bonchev–Trinajstić information content (AvgIpc) is 2.78. The van der Waals surface area contributed by atoms with Gasteiger partial charge in [-0.25, -0.2) is 4.98 Å². The Morgan fingerprint density at radius 2 is 2.12 bits per heavy atom. The van der Waals surface area contributed by atoms with Crippen LogP contribution in [-0.2, 0) is 6.54 Å². The van der Waals surface area contributed by atoms with Gasteiger partial charge in [-0.15, -0.1) is 0 Å². The van der Waals surface area contributed by atoms with Gasteiger partial charge in [-0.2, -0.15) is 0 Å². The van der Waals surface area contributed by atoms with Crippen molar-refractivity contribution in [1.29, 1.82) is 0 Å². The van der Waals surface area contributed by atoms with Crippen LogP contribution in [0.1, 0.15) is 43.7 Å². The highest BCUT2D eigenvalue weighted by atomic mass is 15.1. The first-order chi connectivity index (χ1) is 8.40. The number of pyridine rings is 1. The van der Waals surface area contributed by atoms with Gasteiger partial charge in [-0.1, -0.05) is 19.3 Å². The second-order valence-electron chi connectivity index (χ2n) is 4.93. The zero-order valence-corrected chi connectivity index (χ0v) is 10.1. The molecule has 2 heterocycles. The molecule has 0 atom stereocenters. The molecular weight excluding hydrogens is 210 g/mol. The third kappa shape index (κ3) is 1.84. The van der Waals surface area contributed by atoms with Gasteiger partial charge in [0.2, 0.25) is 0 Å². The van der Waals surface area contributed by atoms with Crippen LogP contribution in [0, 0.1) is 0 Å². The minimum Gasteiger partial charge on any atom is -0.329 e. The van der Waals surface area contributed by atoms with Crippen LogP contribution in [0.5, 0.6) is 0 Å². The molecule has 1 aliphatic carbocycles. The molecule has 0 aliphatic heterocycles. The van der Waals surface area contributed by atoms with E-state index in [9.17, 15) is 0 Å². The van der Waals surface area contributed by atoms with Gasteiger partial charge < -0.3 is 10.3 Å². The third-order valence-electron chi connectivity index (χ3n) is 3.86. The maximum atomic E-state index is 5.82. The second-order valence-corrected chi connectivity index (χ2v) is 4.93. The molecule has 1 aliphatic rings. The maximum Gasteiger partial charge on any atom is 0.140 e. The van der Waals surface area contributed by atoms with E-state index in [1.165, 1.54) is 43.1 Å². The summed E-state index contributed by atoms with van der Waals surface area (Å²) in [6.07, 6.45) is 10.7. The lowest BCUT2D eigenvalue weighted by Gasteiger charge is -2.23. The summed E-state index contributed by atoms with van der Waals surface area (Å²) in [7, 11) is 0. The Kier molecular flexibility index (Phi) is 2.85. The van der Waals surface area contributed by atoms with Crippen molar-refractivity contribution >= 4 is 11.0 Å². The lowest BCUT2D eigenvalue weighted by atomic mass is 9.95. The Morgan fingerprint density at radius 3 is 2.88 bits per heavy atom. The molecule has 3 rings (SSSR count). The summed E-state index contributed by atoms with van der Waals surface area (Å²) >= 11 is 0. The summed E-state index contributed by atoms with van der Waals surface area (Å²) in [5.41, 5.74) is 8.15. The molecule has 0 radical (unpaired) electrons. The monoisotopic (exact) mass is 229 g/mol. The van der Waals surface area contributed by atoms with E-state index >= 15 is 0 Å². The maximum absolute atomic E-state index is 5.82. The molecule has 0 bridgehead atoms. The van der Waals surface area contributed by atoms with Crippen LogP contribution in [0.3, 0.4) is 0 Å². The molecule has 17 heavy (non-hydrogen) atoms. The summed E-state index contributed by atoms with van der Waals surface area (Å²) in [4.78, 5) is 4.53. The number of rotatable bonds is 2. The van der Waals surface area contributed by atoms with Crippen molar-refractivity contribution in [2.75, 3.05) is 0 Å². The van der Waals surface area contributed by atoms with Crippen molar-refractivity contribution in [2.24, 2.45) is 5.73 Å². The van der Waals surface area contributed by atoms with Gasteiger partial charge in [0, 0.05) is 30.4 Å². The number of aromatic nitrogens is 2. The Bertz CT molecular complexity index is 509. The highest BCUT2D eigenvalue weighted by Gasteiger charge is 2.18. The van der Waals surface area contributed by atoms with Crippen molar-refractivity contribution in [3.8, 4) is 0 Å². The Morgan fingerprint density at radius 1 is 1.29 bits per heavy atom. The normalized spacial score (nSPS) is 17.7. The smallest absolute Gasteiger partial charge is 0.140 e. The van der Waals surface area contributed by atoms with Crippen LogP contribution in [0.15, 0.2) is 24.5 Å². The molecule has 0 spiro atoms. The topological polar surface area (TPSA) is 43.8 Å². The SMILES string of the molecule is NCc1cn(C2CCCCC2)c2ncccc12. The molecule has 90 valence electrons. The fourth-order valence-corrected chi connectivity index (χ4v) is 2.95. The largest absolute Gasteiger partial charge is 0.329 e. The van der Waals surface area contributed by atoms with Gasteiger partial charge in [-0.3, -0.25) is 0 Å². The average molecular weight is 229 g/mol. The summed E-state index contributed by atoms with van der Waals surface area (Å²) in [6, 6.07) is 4.75. The van der Waals surface area contributed by atoms with E-state index in [2.05, 4.69) is 21.8 Å². The van der Waals surface area contributed by atoms with Gasteiger partial charge >= 0.3 is 0 Å². The number of hydrogen-bond donors (Lipinski definition) is 1. The fourth-order valence-electron chi connectivity index (χ4n) is 2.95. The lowest BCUT2D eigenvalue weighted by molar-refractivity contribution is 0.359. The van der Waals surface area contributed by atoms with Crippen LogP contribution < -0.4 is 5.73 Å². The number of fused-ring (bicyclic) bond motifs is 1. The minimum atomic E-state index is 0.599. The van der Waals surface area contributed by atoms with E-state index < -0.39 is 0 Å². The molecular formula is C14H19N3. The summed E-state index contributed by atoms with van der Waals surface area (Å²) in [6.45, 7) is 0.599. The van der Waals surface area contributed by atoms with Crippen LogP contribution >= 0.6 is 0 Å². The van der Waals surface area contributed by atoms with Crippen molar-refractivity contribution in [3.05, 3.63) is 30.1 Å². The predicted molar refractivity (Wildman–Crippen MR) is 69.7 cm³/mol. The molecule has 0 aromatic carbocycles. The van der Waals surface area contributed by atoms with Crippen molar-refractivity contribution in [1.82, 2.24) is 9.55 Å². The van der Waals surface area contributed by atoms with Crippen LogP contribution in [0.2, 0.25) is 0 Å². The molecule has 2 N–H and O–H groups in total. The van der Waals surface area contributed by atoms with Crippen LogP contribution in [0.4, 0.5) is 0 Å². The second kappa shape index (κ2) is 4.49. The zero-order chi connectivity index (χ0) is 11.7. The van der Waals surface area contributed by atoms with Crippen LogP contribution in [-0.4, -0.2) is 9.55 Å². The molecule has 1 fully saturated rings. The van der Waals surface area contributed by atoms with E-state index in [4.69, 9.17) is 5.73 Å². The first kappa shape index (κ1) is 10.8. The van der Waals surface area contributed by atoms with Gasteiger partial charge in [-0.05, 0) is 30.5 Å². The molecule has 0 amide bonds. The van der Waals surface area contributed by atoms with E-state index in [1.54, 1.807) is 0 Å². The summed E-state index contributed by atoms with van der Waals surface area (Å²) < 4.78 is 2.36. The quantitative estimate of drug-likeness (QED) is 0.860. The molecule has 2 aromatic rings.